The Labute approximate surface area is 129 Å². The molecule has 0 spiro atoms. The van der Waals surface area contributed by atoms with Crippen LogP contribution in [0.5, 0.6) is 0 Å². The average molecular weight is 296 g/mol. The Kier molecular flexibility index (Phi) is 6.45. The van der Waals surface area contributed by atoms with Crippen molar-refractivity contribution in [3.63, 3.8) is 0 Å². The van der Waals surface area contributed by atoms with E-state index in [1.165, 1.54) is 19.4 Å². The highest BCUT2D eigenvalue weighted by atomic mass is 16.2. The van der Waals surface area contributed by atoms with Crippen molar-refractivity contribution in [2.45, 2.75) is 45.2 Å². The van der Waals surface area contributed by atoms with Gasteiger partial charge < -0.3 is 20.0 Å². The zero-order valence-corrected chi connectivity index (χ0v) is 14.0. The number of rotatable bonds is 5. The van der Waals surface area contributed by atoms with Crippen molar-refractivity contribution < 1.29 is 4.79 Å². The highest BCUT2D eigenvalue weighted by Crippen LogP contribution is 2.20. The van der Waals surface area contributed by atoms with E-state index < -0.39 is 0 Å². The zero-order chi connectivity index (χ0) is 15.2. The lowest BCUT2D eigenvalue weighted by molar-refractivity contribution is -0.132. The Morgan fingerprint density at radius 2 is 2.00 bits per heavy atom. The summed E-state index contributed by atoms with van der Waals surface area (Å²) >= 11 is 0. The second-order valence-electron chi connectivity index (χ2n) is 6.52. The van der Waals surface area contributed by atoms with Gasteiger partial charge in [-0.2, -0.15) is 0 Å². The molecule has 2 heterocycles. The van der Waals surface area contributed by atoms with Gasteiger partial charge in [0.05, 0.1) is 0 Å². The lowest BCUT2D eigenvalue weighted by Crippen LogP contribution is -2.49. The van der Waals surface area contributed by atoms with Crippen LogP contribution in [-0.4, -0.2) is 85.6 Å². The fraction of sp³-hybridized carbons (Fsp3) is 0.938. The van der Waals surface area contributed by atoms with E-state index >= 15 is 0 Å². The van der Waals surface area contributed by atoms with Crippen molar-refractivity contribution in [3.05, 3.63) is 0 Å². The summed E-state index contributed by atoms with van der Waals surface area (Å²) in [5.74, 6) is 0.322. The monoisotopic (exact) mass is 296 g/mol. The maximum absolute atomic E-state index is 12.2. The first kappa shape index (κ1) is 16.7. The minimum atomic E-state index is 0.322. The Morgan fingerprint density at radius 3 is 2.62 bits per heavy atom. The third kappa shape index (κ3) is 4.66. The fourth-order valence-corrected chi connectivity index (χ4v) is 3.59. The maximum atomic E-state index is 12.2. The van der Waals surface area contributed by atoms with Gasteiger partial charge in [-0.15, -0.1) is 0 Å². The predicted molar refractivity (Wildman–Crippen MR) is 86.4 cm³/mol. The number of hydrogen-bond acceptors (Lipinski definition) is 4. The number of amides is 1. The smallest absolute Gasteiger partial charge is 0.223 e. The third-order valence-corrected chi connectivity index (χ3v) is 5.16. The van der Waals surface area contributed by atoms with E-state index in [0.29, 0.717) is 24.4 Å². The molecule has 21 heavy (non-hydrogen) atoms. The molecule has 2 aliphatic heterocycles. The second kappa shape index (κ2) is 8.11. The van der Waals surface area contributed by atoms with Gasteiger partial charge in [0.15, 0.2) is 0 Å². The van der Waals surface area contributed by atoms with Gasteiger partial charge >= 0.3 is 0 Å². The Balaban J connectivity index is 1.71. The highest BCUT2D eigenvalue weighted by molar-refractivity contribution is 5.76. The van der Waals surface area contributed by atoms with Gasteiger partial charge in [0.25, 0.3) is 0 Å². The highest BCUT2D eigenvalue weighted by Gasteiger charge is 2.27. The van der Waals surface area contributed by atoms with Crippen molar-refractivity contribution in [2.24, 2.45) is 0 Å². The van der Waals surface area contributed by atoms with Crippen molar-refractivity contribution in [1.29, 1.82) is 0 Å². The summed E-state index contributed by atoms with van der Waals surface area (Å²) in [6.45, 7) is 11.4. The molecular weight excluding hydrogens is 264 g/mol. The molecule has 0 saturated carbocycles. The molecule has 2 rings (SSSR count). The van der Waals surface area contributed by atoms with Crippen molar-refractivity contribution >= 4 is 5.91 Å². The molecule has 5 nitrogen and oxygen atoms in total. The second-order valence-corrected chi connectivity index (χ2v) is 6.52. The van der Waals surface area contributed by atoms with Crippen molar-refractivity contribution in [2.75, 3.05) is 52.9 Å². The van der Waals surface area contributed by atoms with Crippen LogP contribution in [0, 0.1) is 0 Å². The lowest BCUT2D eigenvalue weighted by atomic mass is 9.97. The van der Waals surface area contributed by atoms with Gasteiger partial charge in [-0.25, -0.2) is 0 Å². The van der Waals surface area contributed by atoms with Crippen LogP contribution in [0.1, 0.15) is 33.1 Å². The Bertz CT molecular complexity index is 330. The van der Waals surface area contributed by atoms with Crippen molar-refractivity contribution in [3.8, 4) is 0 Å². The number of likely N-dealkylation sites (tertiary alicyclic amines) is 1. The summed E-state index contributed by atoms with van der Waals surface area (Å²) in [6.07, 6.45) is 3.13. The van der Waals surface area contributed by atoms with E-state index in [0.717, 1.165) is 39.3 Å². The summed E-state index contributed by atoms with van der Waals surface area (Å²) in [5.41, 5.74) is 0. The standard InChI is InChI=1S/C16H32N4O/c1-4-19-10-5-15(13-14(19)2)18(3)9-6-16(21)20-11-7-17-8-12-20/h14-15,17H,4-13H2,1-3H3. The molecule has 2 aliphatic rings. The minimum absolute atomic E-state index is 0.322. The van der Waals surface area contributed by atoms with Gasteiger partial charge in [0.2, 0.25) is 5.91 Å². The molecule has 0 aromatic rings. The summed E-state index contributed by atoms with van der Waals surface area (Å²) < 4.78 is 0. The predicted octanol–water partition coefficient (Wildman–Crippen LogP) is 0.613. The molecule has 2 unspecified atom stereocenters. The normalized spacial score (nSPS) is 28.1. The molecule has 2 saturated heterocycles. The molecule has 0 bridgehead atoms. The molecule has 0 radical (unpaired) electrons. The van der Waals surface area contributed by atoms with E-state index in [1.807, 2.05) is 4.90 Å². The molecule has 1 N–H and O–H groups in total. The quantitative estimate of drug-likeness (QED) is 0.807. The van der Waals surface area contributed by atoms with Gasteiger partial charge in [-0.1, -0.05) is 6.92 Å². The lowest BCUT2D eigenvalue weighted by Gasteiger charge is -2.40. The SMILES string of the molecule is CCN1CCC(N(C)CCC(=O)N2CCNCC2)CC1C. The van der Waals surface area contributed by atoms with Crippen LogP contribution in [0.3, 0.4) is 0 Å². The molecule has 0 aromatic carbocycles. The van der Waals surface area contributed by atoms with Crippen LogP contribution in [0.25, 0.3) is 0 Å². The molecule has 2 fully saturated rings. The molecule has 0 aromatic heterocycles. The minimum Gasteiger partial charge on any atom is -0.340 e. The Hall–Kier alpha value is -0.650. The molecule has 0 aliphatic carbocycles. The summed E-state index contributed by atoms with van der Waals surface area (Å²) in [4.78, 5) is 19.2. The van der Waals surface area contributed by atoms with Crippen LogP contribution < -0.4 is 5.32 Å². The van der Waals surface area contributed by atoms with Crippen LogP contribution in [0.4, 0.5) is 0 Å². The van der Waals surface area contributed by atoms with E-state index in [4.69, 9.17) is 0 Å². The maximum Gasteiger partial charge on any atom is 0.223 e. The van der Waals surface area contributed by atoms with Crippen LogP contribution in [0.2, 0.25) is 0 Å². The van der Waals surface area contributed by atoms with Crippen LogP contribution in [0.15, 0.2) is 0 Å². The number of carbonyl (C=O) groups is 1. The molecule has 2 atom stereocenters. The van der Waals surface area contributed by atoms with Gasteiger partial charge in [0.1, 0.15) is 0 Å². The first-order valence-corrected chi connectivity index (χ1v) is 8.54. The van der Waals surface area contributed by atoms with Crippen molar-refractivity contribution in [1.82, 2.24) is 20.0 Å². The first-order chi connectivity index (χ1) is 10.1. The topological polar surface area (TPSA) is 38.8 Å². The molecular formula is C16H32N4O. The fourth-order valence-electron chi connectivity index (χ4n) is 3.59. The van der Waals surface area contributed by atoms with Crippen LogP contribution in [-0.2, 0) is 4.79 Å². The number of hydrogen-bond donors (Lipinski definition) is 1. The Morgan fingerprint density at radius 1 is 1.29 bits per heavy atom. The number of nitrogens with zero attached hydrogens (tertiary/aromatic N) is 3. The first-order valence-electron chi connectivity index (χ1n) is 8.54. The van der Waals surface area contributed by atoms with E-state index in [9.17, 15) is 4.79 Å². The number of carbonyl (C=O) groups excluding carboxylic acids is 1. The number of piperidine rings is 1. The largest absolute Gasteiger partial charge is 0.340 e. The molecule has 122 valence electrons. The zero-order valence-electron chi connectivity index (χ0n) is 14.0. The summed E-state index contributed by atoms with van der Waals surface area (Å²) in [5, 5.41) is 3.29. The van der Waals surface area contributed by atoms with Crippen LogP contribution >= 0.6 is 0 Å². The average Bonchev–Trinajstić information content (AvgIpc) is 2.53. The third-order valence-electron chi connectivity index (χ3n) is 5.16. The number of nitrogens with one attached hydrogen (secondary N) is 1. The van der Waals surface area contributed by atoms with E-state index in [1.54, 1.807) is 0 Å². The summed E-state index contributed by atoms with van der Waals surface area (Å²) in [6, 6.07) is 1.30. The molecule has 1 amide bonds. The number of piperazine rings is 1. The van der Waals surface area contributed by atoms with E-state index in [-0.39, 0.29) is 0 Å². The summed E-state index contributed by atoms with van der Waals surface area (Å²) in [7, 11) is 2.18. The van der Waals surface area contributed by atoms with Gasteiger partial charge in [-0.05, 0) is 39.9 Å². The van der Waals surface area contributed by atoms with Gasteiger partial charge in [0, 0.05) is 51.2 Å². The van der Waals surface area contributed by atoms with Gasteiger partial charge in [-0.3, -0.25) is 4.79 Å². The van der Waals surface area contributed by atoms with E-state index in [2.05, 4.69) is 36.0 Å². The molecule has 5 heteroatoms.